The molecule has 0 saturated carbocycles. The number of carbonyl (C=O) groups is 1. The lowest BCUT2D eigenvalue weighted by Gasteiger charge is -2.30. The zero-order chi connectivity index (χ0) is 21.6. The second-order valence-corrected chi connectivity index (χ2v) is 10.6. The molecule has 1 aromatic heterocycles. The number of likely N-dealkylation sites (tertiary alicyclic amines) is 1. The highest BCUT2D eigenvalue weighted by Crippen LogP contribution is 2.26. The van der Waals surface area contributed by atoms with Crippen LogP contribution in [0.4, 0.5) is 5.69 Å². The van der Waals surface area contributed by atoms with Crippen LogP contribution in [0.5, 0.6) is 0 Å². The summed E-state index contributed by atoms with van der Waals surface area (Å²) in [4.78, 5) is 14.4. The molecule has 2 N–H and O–H groups in total. The van der Waals surface area contributed by atoms with Crippen molar-refractivity contribution >= 4 is 33.0 Å². The number of carbonyl (C=O) groups excluding carboxylic acids is 1. The summed E-state index contributed by atoms with van der Waals surface area (Å²) in [6.45, 7) is 5.95. The zero-order valence-electron chi connectivity index (χ0n) is 17.6. The van der Waals surface area contributed by atoms with E-state index in [0.717, 1.165) is 31.5 Å². The summed E-state index contributed by atoms with van der Waals surface area (Å²) < 4.78 is 28.6. The molecule has 6 nitrogen and oxygen atoms in total. The SMILES string of the molecule is CC(C)C(=O)Nc1ccc(S(=O)(=O)NCC(c2ccsc2)N2CCCCCC2)cc1. The second kappa shape index (κ2) is 10.5. The van der Waals surface area contributed by atoms with Gasteiger partial charge in [0.25, 0.3) is 0 Å². The summed E-state index contributed by atoms with van der Waals surface area (Å²) in [5, 5.41) is 6.93. The van der Waals surface area contributed by atoms with E-state index in [1.165, 1.54) is 25.0 Å². The van der Waals surface area contributed by atoms with Crippen LogP contribution in [-0.2, 0) is 14.8 Å². The van der Waals surface area contributed by atoms with Gasteiger partial charge in [0.05, 0.1) is 4.90 Å². The molecule has 30 heavy (non-hydrogen) atoms. The number of hydrogen-bond acceptors (Lipinski definition) is 5. The van der Waals surface area contributed by atoms with Crippen LogP contribution in [0, 0.1) is 5.92 Å². The van der Waals surface area contributed by atoms with Gasteiger partial charge in [0.2, 0.25) is 15.9 Å². The van der Waals surface area contributed by atoms with E-state index in [0.29, 0.717) is 12.2 Å². The minimum Gasteiger partial charge on any atom is -0.326 e. The quantitative estimate of drug-likeness (QED) is 0.632. The third-order valence-electron chi connectivity index (χ3n) is 5.43. The van der Waals surface area contributed by atoms with Crippen LogP contribution < -0.4 is 10.0 Å². The van der Waals surface area contributed by atoms with E-state index in [1.807, 2.05) is 19.2 Å². The molecule has 1 saturated heterocycles. The highest BCUT2D eigenvalue weighted by atomic mass is 32.2. The largest absolute Gasteiger partial charge is 0.326 e. The molecule has 2 heterocycles. The molecule has 1 unspecified atom stereocenters. The third kappa shape index (κ3) is 6.14. The average Bonchev–Trinajstić information content (AvgIpc) is 3.11. The predicted molar refractivity (Wildman–Crippen MR) is 122 cm³/mol. The fourth-order valence-corrected chi connectivity index (χ4v) is 5.35. The lowest BCUT2D eigenvalue weighted by molar-refractivity contribution is -0.118. The van der Waals surface area contributed by atoms with Crippen LogP contribution in [0.15, 0.2) is 46.0 Å². The van der Waals surface area contributed by atoms with Crippen molar-refractivity contribution in [1.82, 2.24) is 9.62 Å². The van der Waals surface area contributed by atoms with Crippen LogP contribution >= 0.6 is 11.3 Å². The Morgan fingerprint density at radius 3 is 2.30 bits per heavy atom. The van der Waals surface area contributed by atoms with Crippen molar-refractivity contribution in [2.45, 2.75) is 50.5 Å². The maximum absolute atomic E-state index is 12.9. The molecule has 0 bridgehead atoms. The number of benzene rings is 1. The smallest absolute Gasteiger partial charge is 0.240 e. The van der Waals surface area contributed by atoms with Gasteiger partial charge in [-0.25, -0.2) is 13.1 Å². The summed E-state index contributed by atoms with van der Waals surface area (Å²) in [5.41, 5.74) is 1.75. The number of anilines is 1. The number of nitrogens with zero attached hydrogens (tertiary/aromatic N) is 1. The minimum absolute atomic E-state index is 0.0359. The number of hydrogen-bond donors (Lipinski definition) is 2. The van der Waals surface area contributed by atoms with E-state index in [-0.39, 0.29) is 22.8 Å². The van der Waals surface area contributed by atoms with Gasteiger partial charge in [0, 0.05) is 24.2 Å². The number of rotatable bonds is 8. The normalized spacial score (nSPS) is 16.9. The Morgan fingerprint density at radius 2 is 1.73 bits per heavy atom. The summed E-state index contributed by atoms with van der Waals surface area (Å²) in [6.07, 6.45) is 4.77. The number of thiophene rings is 1. The van der Waals surface area contributed by atoms with E-state index in [4.69, 9.17) is 0 Å². The molecule has 164 valence electrons. The van der Waals surface area contributed by atoms with Crippen molar-refractivity contribution in [3.8, 4) is 0 Å². The molecule has 1 fully saturated rings. The van der Waals surface area contributed by atoms with Gasteiger partial charge in [-0.15, -0.1) is 0 Å². The van der Waals surface area contributed by atoms with Crippen LogP contribution in [0.2, 0.25) is 0 Å². The Labute approximate surface area is 183 Å². The fraction of sp³-hybridized carbons (Fsp3) is 0.500. The van der Waals surface area contributed by atoms with Gasteiger partial charge >= 0.3 is 0 Å². The highest BCUT2D eigenvalue weighted by Gasteiger charge is 2.24. The lowest BCUT2D eigenvalue weighted by atomic mass is 10.1. The van der Waals surface area contributed by atoms with Crippen molar-refractivity contribution in [3.63, 3.8) is 0 Å². The Hall–Kier alpha value is -1.74. The number of nitrogens with one attached hydrogen (secondary N) is 2. The van der Waals surface area contributed by atoms with Crippen LogP contribution in [0.3, 0.4) is 0 Å². The van der Waals surface area contributed by atoms with Crippen molar-refractivity contribution in [2.24, 2.45) is 5.92 Å². The Balaban J connectivity index is 1.69. The Bertz CT molecular complexity index is 902. The van der Waals surface area contributed by atoms with E-state index in [1.54, 1.807) is 23.5 Å². The molecule has 8 heteroatoms. The second-order valence-electron chi connectivity index (χ2n) is 8.04. The van der Waals surface area contributed by atoms with Crippen molar-refractivity contribution in [3.05, 3.63) is 46.7 Å². The Kier molecular flexibility index (Phi) is 8.05. The molecule has 0 aliphatic carbocycles. The first-order valence-corrected chi connectivity index (χ1v) is 13.0. The first-order chi connectivity index (χ1) is 14.4. The molecule has 1 aliphatic rings. The van der Waals surface area contributed by atoms with Gasteiger partial charge in [-0.05, 0) is 72.6 Å². The van der Waals surface area contributed by atoms with Crippen LogP contribution in [0.1, 0.15) is 51.1 Å². The zero-order valence-corrected chi connectivity index (χ0v) is 19.3. The van der Waals surface area contributed by atoms with Crippen molar-refractivity contribution in [1.29, 1.82) is 0 Å². The van der Waals surface area contributed by atoms with Crippen LogP contribution in [-0.4, -0.2) is 38.9 Å². The average molecular weight is 450 g/mol. The van der Waals surface area contributed by atoms with Crippen molar-refractivity contribution < 1.29 is 13.2 Å². The summed E-state index contributed by atoms with van der Waals surface area (Å²) in [6, 6.07) is 8.43. The molecule has 3 rings (SSSR count). The molecule has 1 aromatic carbocycles. The first kappa shape index (κ1) is 22.9. The molecule has 0 radical (unpaired) electrons. The highest BCUT2D eigenvalue weighted by molar-refractivity contribution is 7.89. The van der Waals surface area contributed by atoms with Gasteiger partial charge in [0.1, 0.15) is 0 Å². The van der Waals surface area contributed by atoms with Gasteiger partial charge < -0.3 is 5.32 Å². The predicted octanol–water partition coefficient (Wildman–Crippen LogP) is 4.24. The molecule has 1 atom stereocenters. The number of amides is 1. The fourth-order valence-electron chi connectivity index (χ4n) is 3.61. The van der Waals surface area contributed by atoms with Gasteiger partial charge in [-0.2, -0.15) is 11.3 Å². The van der Waals surface area contributed by atoms with E-state index >= 15 is 0 Å². The maximum Gasteiger partial charge on any atom is 0.240 e. The first-order valence-electron chi connectivity index (χ1n) is 10.5. The molecule has 1 amide bonds. The molecule has 0 spiro atoms. The molecule has 1 aliphatic heterocycles. The third-order valence-corrected chi connectivity index (χ3v) is 7.57. The summed E-state index contributed by atoms with van der Waals surface area (Å²) in [7, 11) is -3.64. The minimum atomic E-state index is -3.64. The Morgan fingerprint density at radius 1 is 1.07 bits per heavy atom. The van der Waals surface area contributed by atoms with Crippen molar-refractivity contribution in [2.75, 3.05) is 25.0 Å². The van der Waals surface area contributed by atoms with Gasteiger partial charge in [0.15, 0.2) is 0 Å². The van der Waals surface area contributed by atoms with E-state index in [2.05, 4.69) is 26.4 Å². The van der Waals surface area contributed by atoms with E-state index < -0.39 is 10.0 Å². The van der Waals surface area contributed by atoms with Crippen LogP contribution in [0.25, 0.3) is 0 Å². The van der Waals surface area contributed by atoms with Gasteiger partial charge in [-0.1, -0.05) is 26.7 Å². The molecular weight excluding hydrogens is 418 g/mol. The molecular formula is C22H31N3O3S2. The topological polar surface area (TPSA) is 78.5 Å². The summed E-state index contributed by atoms with van der Waals surface area (Å²) in [5.74, 6) is -0.233. The lowest BCUT2D eigenvalue weighted by Crippen LogP contribution is -2.38. The standard InChI is InChI=1S/C22H31N3O3S2/c1-17(2)22(26)24-19-7-9-20(10-8-19)30(27,28)23-15-21(18-11-14-29-16-18)25-12-5-3-4-6-13-25/h7-11,14,16-17,21,23H,3-6,12-13,15H2,1-2H3,(H,24,26). The molecule has 2 aromatic rings. The monoisotopic (exact) mass is 449 g/mol. The van der Waals surface area contributed by atoms with E-state index in [9.17, 15) is 13.2 Å². The maximum atomic E-state index is 12.9. The number of sulfonamides is 1. The summed E-state index contributed by atoms with van der Waals surface area (Å²) >= 11 is 1.64. The van der Waals surface area contributed by atoms with Gasteiger partial charge in [-0.3, -0.25) is 9.69 Å².